The highest BCUT2D eigenvalue weighted by Crippen LogP contribution is 2.28. The first kappa shape index (κ1) is 18.5. The Kier molecular flexibility index (Phi) is 7.99. The lowest BCUT2D eigenvalue weighted by atomic mass is 10.2. The summed E-state index contributed by atoms with van der Waals surface area (Å²) in [5, 5.41) is 0.730. The third kappa shape index (κ3) is 7.48. The molecule has 0 aliphatic heterocycles. The maximum atomic E-state index is 11.7. The minimum Gasteiger partial charge on any atom is -0.461 e. The van der Waals surface area contributed by atoms with Crippen LogP contribution in [0.1, 0.15) is 33.1 Å². The number of esters is 2. The summed E-state index contributed by atoms with van der Waals surface area (Å²) in [5.74, 6) is -0.599. The molecule has 0 spiro atoms. The molecule has 120 valence electrons. The summed E-state index contributed by atoms with van der Waals surface area (Å²) < 4.78 is 10.1. The Bertz CT molecular complexity index is 563. The number of carbonyl (C=O) groups excluding carboxylic acids is 2. The zero-order chi connectivity index (χ0) is 16.5. The molecule has 0 fully saturated rings. The van der Waals surface area contributed by atoms with Gasteiger partial charge >= 0.3 is 11.9 Å². The number of hydrogen-bond donors (Lipinski definition) is 0. The second-order valence-electron chi connectivity index (χ2n) is 4.87. The number of benzene rings is 1. The van der Waals surface area contributed by atoms with Gasteiger partial charge in [-0.2, -0.15) is 0 Å². The summed E-state index contributed by atoms with van der Waals surface area (Å²) in [5.41, 5.74) is 1.08. The van der Waals surface area contributed by atoms with Crippen LogP contribution in [-0.4, -0.2) is 18.5 Å². The Morgan fingerprint density at radius 3 is 2.50 bits per heavy atom. The predicted octanol–water partition coefficient (Wildman–Crippen LogP) is 4.58. The van der Waals surface area contributed by atoms with Crippen molar-refractivity contribution < 1.29 is 19.1 Å². The summed E-state index contributed by atoms with van der Waals surface area (Å²) in [6.45, 7) is 4.10. The van der Waals surface area contributed by atoms with E-state index in [0.29, 0.717) is 16.5 Å². The van der Waals surface area contributed by atoms with Gasteiger partial charge in [-0.05, 0) is 38.5 Å². The predicted molar refractivity (Wildman–Crippen MR) is 86.3 cm³/mol. The van der Waals surface area contributed by atoms with Crippen molar-refractivity contribution in [2.45, 2.75) is 33.1 Å². The molecule has 6 heteroatoms. The molecule has 0 saturated carbocycles. The molecule has 0 aliphatic carbocycles. The molecule has 0 atom stereocenters. The van der Waals surface area contributed by atoms with Crippen molar-refractivity contribution in [1.82, 2.24) is 0 Å². The van der Waals surface area contributed by atoms with Gasteiger partial charge < -0.3 is 9.47 Å². The van der Waals surface area contributed by atoms with E-state index >= 15 is 0 Å². The van der Waals surface area contributed by atoms with Crippen LogP contribution in [-0.2, 0) is 14.3 Å². The van der Waals surface area contributed by atoms with Gasteiger partial charge in [0.1, 0.15) is 6.61 Å². The van der Waals surface area contributed by atoms with Gasteiger partial charge in [0.2, 0.25) is 0 Å². The fourth-order valence-electron chi connectivity index (χ4n) is 1.48. The molecule has 0 N–H and O–H groups in total. The lowest BCUT2D eigenvalue weighted by Gasteiger charge is -2.06. The quantitative estimate of drug-likeness (QED) is 0.412. The molecule has 1 rings (SSSR count). The first-order valence-electron chi connectivity index (χ1n) is 6.83. The van der Waals surface area contributed by atoms with Gasteiger partial charge in [0.05, 0.1) is 5.02 Å². The molecule has 22 heavy (non-hydrogen) atoms. The van der Waals surface area contributed by atoms with Crippen molar-refractivity contribution in [2.24, 2.45) is 0 Å². The number of ether oxygens (including phenoxy) is 2. The largest absolute Gasteiger partial charge is 0.461 e. The lowest BCUT2D eigenvalue weighted by Crippen LogP contribution is -2.10. The fraction of sp³-hybridized carbons (Fsp3) is 0.375. The molecule has 0 radical (unpaired) electrons. The smallest absolute Gasteiger partial charge is 0.311 e. The Hall–Kier alpha value is -1.52. The summed E-state index contributed by atoms with van der Waals surface area (Å²) in [6.07, 6.45) is 2.42. The van der Waals surface area contributed by atoms with E-state index in [0.717, 1.165) is 5.57 Å². The monoisotopic (exact) mass is 344 g/mol. The minimum absolute atomic E-state index is 0.0978. The number of rotatable bonds is 7. The number of allylic oxidation sites excluding steroid dienone is 1. The molecular formula is C16H18Cl2O4. The maximum absolute atomic E-state index is 11.7. The summed E-state index contributed by atoms with van der Waals surface area (Å²) in [6, 6.07) is 4.62. The second kappa shape index (κ2) is 9.49. The van der Waals surface area contributed by atoms with Crippen LogP contribution < -0.4 is 4.74 Å². The van der Waals surface area contributed by atoms with Gasteiger partial charge in [-0.1, -0.05) is 28.8 Å². The first-order chi connectivity index (χ1) is 10.4. The van der Waals surface area contributed by atoms with Crippen LogP contribution in [0.25, 0.3) is 0 Å². The minimum atomic E-state index is -0.471. The topological polar surface area (TPSA) is 52.6 Å². The Morgan fingerprint density at radius 2 is 1.82 bits per heavy atom. The van der Waals surface area contributed by atoms with Crippen LogP contribution in [0.3, 0.4) is 0 Å². The second-order valence-corrected chi connectivity index (χ2v) is 5.71. The van der Waals surface area contributed by atoms with Crippen LogP contribution in [0.2, 0.25) is 10.0 Å². The zero-order valence-electron chi connectivity index (χ0n) is 12.5. The van der Waals surface area contributed by atoms with Crippen LogP contribution in [0.15, 0.2) is 29.8 Å². The highest BCUT2D eigenvalue weighted by molar-refractivity contribution is 6.34. The molecule has 0 heterocycles. The van der Waals surface area contributed by atoms with Crippen molar-refractivity contribution in [3.05, 3.63) is 39.9 Å². The number of carbonyl (C=O) groups is 2. The van der Waals surface area contributed by atoms with Crippen molar-refractivity contribution in [3.63, 3.8) is 0 Å². The van der Waals surface area contributed by atoms with Gasteiger partial charge in [0.15, 0.2) is 5.75 Å². The molecule has 0 amide bonds. The Balaban J connectivity index is 2.30. The van der Waals surface area contributed by atoms with Crippen molar-refractivity contribution in [2.75, 3.05) is 6.61 Å². The van der Waals surface area contributed by atoms with E-state index < -0.39 is 5.97 Å². The van der Waals surface area contributed by atoms with E-state index in [9.17, 15) is 9.59 Å². The van der Waals surface area contributed by atoms with Gasteiger partial charge in [0, 0.05) is 23.9 Å². The average Bonchev–Trinajstić information content (AvgIpc) is 2.42. The molecular weight excluding hydrogens is 327 g/mol. The van der Waals surface area contributed by atoms with E-state index in [2.05, 4.69) is 0 Å². The highest BCUT2D eigenvalue weighted by atomic mass is 35.5. The van der Waals surface area contributed by atoms with E-state index in [-0.39, 0.29) is 31.2 Å². The van der Waals surface area contributed by atoms with E-state index in [1.165, 1.54) is 6.07 Å². The first-order valence-corrected chi connectivity index (χ1v) is 7.59. The SMILES string of the molecule is CC(C)=CCOC(=O)CCCC(=O)Oc1cc(Cl)ccc1Cl. The highest BCUT2D eigenvalue weighted by Gasteiger charge is 2.10. The molecule has 0 aliphatic rings. The normalized spacial score (nSPS) is 10.0. The summed E-state index contributed by atoms with van der Waals surface area (Å²) >= 11 is 11.7. The van der Waals surface area contributed by atoms with Crippen molar-refractivity contribution in [3.8, 4) is 5.75 Å². The molecule has 0 unspecified atom stereocenters. The molecule has 1 aromatic rings. The molecule has 4 nitrogen and oxygen atoms in total. The Morgan fingerprint density at radius 1 is 1.14 bits per heavy atom. The third-order valence-electron chi connectivity index (χ3n) is 2.61. The van der Waals surface area contributed by atoms with Crippen LogP contribution in [0.4, 0.5) is 0 Å². The van der Waals surface area contributed by atoms with E-state index in [1.807, 2.05) is 19.9 Å². The van der Waals surface area contributed by atoms with Crippen molar-refractivity contribution >= 4 is 35.1 Å². The van der Waals surface area contributed by atoms with Crippen molar-refractivity contribution in [1.29, 1.82) is 0 Å². The number of halogens is 2. The van der Waals surface area contributed by atoms with Gasteiger partial charge in [-0.3, -0.25) is 9.59 Å². The molecule has 1 aromatic carbocycles. The van der Waals surface area contributed by atoms with Gasteiger partial charge in [-0.25, -0.2) is 0 Å². The van der Waals surface area contributed by atoms with Crippen LogP contribution in [0, 0.1) is 0 Å². The summed E-state index contributed by atoms with van der Waals surface area (Å²) in [7, 11) is 0. The maximum Gasteiger partial charge on any atom is 0.311 e. The van der Waals surface area contributed by atoms with E-state index in [4.69, 9.17) is 32.7 Å². The van der Waals surface area contributed by atoms with E-state index in [1.54, 1.807) is 12.1 Å². The zero-order valence-corrected chi connectivity index (χ0v) is 14.0. The molecule has 0 saturated heterocycles. The van der Waals surface area contributed by atoms with Gasteiger partial charge in [-0.15, -0.1) is 0 Å². The average molecular weight is 345 g/mol. The van der Waals surface area contributed by atoms with Crippen LogP contribution in [0.5, 0.6) is 5.75 Å². The standard InChI is InChI=1S/C16H18Cl2O4/c1-11(2)8-9-21-15(19)4-3-5-16(20)22-14-10-12(17)6-7-13(14)18/h6-8,10H,3-5,9H2,1-2H3. The molecule has 0 bridgehead atoms. The number of hydrogen-bond acceptors (Lipinski definition) is 4. The third-order valence-corrected chi connectivity index (χ3v) is 3.16. The Labute approximate surface area is 140 Å². The van der Waals surface area contributed by atoms with Crippen LogP contribution >= 0.6 is 23.2 Å². The summed E-state index contributed by atoms with van der Waals surface area (Å²) in [4.78, 5) is 23.1. The fourth-order valence-corrected chi connectivity index (χ4v) is 1.80. The molecule has 0 aromatic heterocycles. The van der Waals surface area contributed by atoms with Gasteiger partial charge in [0.25, 0.3) is 0 Å². The lowest BCUT2D eigenvalue weighted by molar-refractivity contribution is -0.142.